The van der Waals surface area contributed by atoms with E-state index in [9.17, 15) is 13.2 Å². The van der Waals surface area contributed by atoms with Crippen LogP contribution in [0.3, 0.4) is 0 Å². The van der Waals surface area contributed by atoms with E-state index in [1.54, 1.807) is 4.90 Å². The Bertz CT molecular complexity index is 418. The first-order chi connectivity index (χ1) is 8.96. The SMILES string of the molecule is NS(=O)(=O)C[C@@H]1CCCN1C(=O)NC1CCCCC1. The minimum atomic E-state index is -3.53. The molecular weight excluding hydrogens is 266 g/mol. The standard InChI is InChI=1S/C12H23N3O3S/c13-19(17,18)9-11-7-4-8-15(11)12(16)14-10-5-2-1-3-6-10/h10-11H,1-9H2,(H,14,16)(H2,13,17,18)/t11-/m0/s1. The van der Waals surface area contributed by atoms with Gasteiger partial charge in [0.05, 0.1) is 5.75 Å². The van der Waals surface area contributed by atoms with Crippen LogP contribution in [0.25, 0.3) is 0 Å². The maximum Gasteiger partial charge on any atom is 0.317 e. The smallest absolute Gasteiger partial charge is 0.317 e. The normalized spacial score (nSPS) is 25.5. The second kappa shape index (κ2) is 6.09. The summed E-state index contributed by atoms with van der Waals surface area (Å²) in [6.45, 7) is 0.624. The first-order valence-corrected chi connectivity index (χ1v) is 8.75. The third-order valence-electron chi connectivity index (χ3n) is 4.00. The van der Waals surface area contributed by atoms with E-state index in [4.69, 9.17) is 5.14 Å². The van der Waals surface area contributed by atoms with E-state index >= 15 is 0 Å². The van der Waals surface area contributed by atoms with E-state index in [0.717, 1.165) is 32.1 Å². The zero-order chi connectivity index (χ0) is 13.9. The fourth-order valence-electron chi connectivity index (χ4n) is 3.05. The van der Waals surface area contributed by atoms with Crippen LogP contribution in [0.2, 0.25) is 0 Å². The van der Waals surface area contributed by atoms with E-state index in [0.29, 0.717) is 13.0 Å². The molecule has 3 N–H and O–H groups in total. The minimum absolute atomic E-state index is 0.127. The molecule has 2 fully saturated rings. The molecule has 19 heavy (non-hydrogen) atoms. The Morgan fingerprint density at radius 2 is 1.84 bits per heavy atom. The second-order valence-electron chi connectivity index (χ2n) is 5.60. The summed E-state index contributed by atoms with van der Waals surface area (Å²) in [5.41, 5.74) is 0. The van der Waals surface area contributed by atoms with Crippen molar-refractivity contribution in [3.05, 3.63) is 0 Å². The van der Waals surface area contributed by atoms with Crippen LogP contribution in [0.15, 0.2) is 0 Å². The lowest BCUT2D eigenvalue weighted by molar-refractivity contribution is 0.188. The Labute approximate surface area is 114 Å². The Morgan fingerprint density at radius 1 is 1.16 bits per heavy atom. The molecular formula is C12H23N3O3S. The van der Waals surface area contributed by atoms with E-state index in [1.807, 2.05) is 0 Å². The molecule has 1 aliphatic heterocycles. The molecule has 0 aromatic rings. The van der Waals surface area contributed by atoms with Gasteiger partial charge in [-0.2, -0.15) is 0 Å². The molecule has 110 valence electrons. The molecule has 0 aromatic carbocycles. The predicted molar refractivity (Wildman–Crippen MR) is 73.1 cm³/mol. The van der Waals surface area contributed by atoms with Crippen molar-refractivity contribution in [2.45, 2.75) is 57.0 Å². The molecule has 2 rings (SSSR count). The summed E-state index contributed by atoms with van der Waals surface area (Å²) < 4.78 is 22.3. The fraction of sp³-hybridized carbons (Fsp3) is 0.917. The number of sulfonamides is 1. The van der Waals surface area contributed by atoms with E-state index < -0.39 is 10.0 Å². The van der Waals surface area contributed by atoms with Crippen LogP contribution in [-0.2, 0) is 10.0 Å². The highest BCUT2D eigenvalue weighted by Gasteiger charge is 2.32. The van der Waals surface area contributed by atoms with Crippen LogP contribution in [0.5, 0.6) is 0 Å². The molecule has 6 nitrogen and oxygen atoms in total. The Hall–Kier alpha value is -0.820. The molecule has 1 heterocycles. The summed E-state index contributed by atoms with van der Waals surface area (Å²) in [5, 5.41) is 8.10. The van der Waals surface area contributed by atoms with Gasteiger partial charge in [-0.05, 0) is 25.7 Å². The molecule has 2 aliphatic rings. The molecule has 0 unspecified atom stereocenters. The molecule has 2 amide bonds. The van der Waals surface area contributed by atoms with E-state index in [1.165, 1.54) is 6.42 Å². The van der Waals surface area contributed by atoms with Crippen LogP contribution in [0.4, 0.5) is 4.79 Å². The van der Waals surface area contributed by atoms with Crippen LogP contribution in [0.1, 0.15) is 44.9 Å². The zero-order valence-corrected chi connectivity index (χ0v) is 12.0. The van der Waals surface area contributed by atoms with E-state index in [2.05, 4.69) is 5.32 Å². The number of carbonyl (C=O) groups excluding carboxylic acids is 1. The lowest BCUT2D eigenvalue weighted by Gasteiger charge is -2.29. The highest BCUT2D eigenvalue weighted by Crippen LogP contribution is 2.21. The van der Waals surface area contributed by atoms with Crippen molar-refractivity contribution in [3.8, 4) is 0 Å². The number of carbonyl (C=O) groups is 1. The first-order valence-electron chi connectivity index (χ1n) is 7.03. The van der Waals surface area contributed by atoms with Crippen molar-refractivity contribution < 1.29 is 13.2 Å². The molecule has 1 aliphatic carbocycles. The average molecular weight is 289 g/mol. The van der Waals surface area contributed by atoms with Crippen LogP contribution < -0.4 is 10.5 Å². The van der Waals surface area contributed by atoms with Gasteiger partial charge in [-0.25, -0.2) is 18.4 Å². The fourth-order valence-corrected chi connectivity index (χ4v) is 3.93. The first kappa shape index (κ1) is 14.6. The van der Waals surface area contributed by atoms with Crippen molar-refractivity contribution in [2.75, 3.05) is 12.3 Å². The molecule has 0 radical (unpaired) electrons. The van der Waals surface area contributed by atoms with Gasteiger partial charge < -0.3 is 10.2 Å². The summed E-state index contributed by atoms with van der Waals surface area (Å²) in [5.74, 6) is -0.134. The van der Waals surface area contributed by atoms with Gasteiger partial charge in [0.1, 0.15) is 0 Å². The Balaban J connectivity index is 1.89. The van der Waals surface area contributed by atoms with Crippen molar-refractivity contribution in [3.63, 3.8) is 0 Å². The van der Waals surface area contributed by atoms with Crippen molar-refractivity contribution in [1.82, 2.24) is 10.2 Å². The third kappa shape index (κ3) is 4.35. The van der Waals surface area contributed by atoms with Crippen LogP contribution >= 0.6 is 0 Å². The summed E-state index contributed by atoms with van der Waals surface area (Å²) in [4.78, 5) is 13.8. The number of urea groups is 1. The number of rotatable bonds is 3. The minimum Gasteiger partial charge on any atom is -0.335 e. The Kier molecular flexibility index (Phi) is 4.67. The average Bonchev–Trinajstić information content (AvgIpc) is 2.76. The number of hydrogen-bond acceptors (Lipinski definition) is 3. The number of nitrogens with two attached hydrogens (primary N) is 1. The molecule has 0 bridgehead atoms. The van der Waals surface area contributed by atoms with Gasteiger partial charge in [0.15, 0.2) is 0 Å². The number of nitrogens with zero attached hydrogens (tertiary/aromatic N) is 1. The molecule has 0 aromatic heterocycles. The summed E-state index contributed by atoms with van der Waals surface area (Å²) in [7, 11) is -3.53. The van der Waals surface area contributed by atoms with Gasteiger partial charge in [-0.15, -0.1) is 0 Å². The van der Waals surface area contributed by atoms with E-state index in [-0.39, 0.29) is 23.9 Å². The molecule has 1 atom stereocenters. The van der Waals surface area contributed by atoms with Gasteiger partial charge in [0.25, 0.3) is 0 Å². The maximum atomic E-state index is 12.2. The highest BCUT2D eigenvalue weighted by molar-refractivity contribution is 7.89. The molecule has 7 heteroatoms. The number of amides is 2. The monoisotopic (exact) mass is 289 g/mol. The Morgan fingerprint density at radius 3 is 2.47 bits per heavy atom. The van der Waals surface area contributed by atoms with Gasteiger partial charge in [-0.1, -0.05) is 19.3 Å². The lowest BCUT2D eigenvalue weighted by atomic mass is 9.96. The molecule has 1 saturated heterocycles. The highest BCUT2D eigenvalue weighted by atomic mass is 32.2. The van der Waals surface area contributed by atoms with Gasteiger partial charge >= 0.3 is 6.03 Å². The third-order valence-corrected chi connectivity index (χ3v) is 4.84. The van der Waals surface area contributed by atoms with Gasteiger partial charge in [0, 0.05) is 18.6 Å². The van der Waals surface area contributed by atoms with Crippen LogP contribution in [0, 0.1) is 0 Å². The lowest BCUT2D eigenvalue weighted by Crippen LogP contribution is -2.49. The number of nitrogens with one attached hydrogen (secondary N) is 1. The van der Waals surface area contributed by atoms with Gasteiger partial charge in [0.2, 0.25) is 10.0 Å². The molecule has 1 saturated carbocycles. The zero-order valence-electron chi connectivity index (χ0n) is 11.2. The van der Waals surface area contributed by atoms with Crippen molar-refractivity contribution in [2.24, 2.45) is 5.14 Å². The largest absolute Gasteiger partial charge is 0.335 e. The number of primary sulfonamides is 1. The topological polar surface area (TPSA) is 92.5 Å². The maximum absolute atomic E-state index is 12.2. The van der Waals surface area contributed by atoms with Crippen LogP contribution in [-0.4, -0.2) is 43.7 Å². The predicted octanol–water partition coefficient (Wildman–Crippen LogP) is 0.782. The second-order valence-corrected chi connectivity index (χ2v) is 7.26. The number of likely N-dealkylation sites (tertiary alicyclic amines) is 1. The summed E-state index contributed by atoms with van der Waals surface area (Å²) >= 11 is 0. The molecule has 0 spiro atoms. The summed E-state index contributed by atoms with van der Waals surface area (Å²) in [6, 6.07) is -0.145. The summed E-state index contributed by atoms with van der Waals surface area (Å²) in [6.07, 6.45) is 7.17. The van der Waals surface area contributed by atoms with Gasteiger partial charge in [-0.3, -0.25) is 0 Å². The van der Waals surface area contributed by atoms with Crippen molar-refractivity contribution >= 4 is 16.1 Å². The van der Waals surface area contributed by atoms with Crippen molar-refractivity contribution in [1.29, 1.82) is 0 Å². The quantitative estimate of drug-likeness (QED) is 0.804. The number of hydrogen-bond donors (Lipinski definition) is 2.